The molecule has 0 aliphatic carbocycles. The lowest BCUT2D eigenvalue weighted by atomic mass is 10.2. The van der Waals surface area contributed by atoms with Crippen LogP contribution < -0.4 is 10.5 Å². The minimum atomic E-state index is -4.10. The van der Waals surface area contributed by atoms with Crippen LogP contribution in [0.25, 0.3) is 0 Å². The molecule has 8 heteroatoms. The van der Waals surface area contributed by atoms with Crippen molar-refractivity contribution >= 4 is 22.0 Å². The number of benzene rings is 1. The molecule has 0 spiro atoms. The van der Waals surface area contributed by atoms with Gasteiger partial charge >= 0.3 is 12.0 Å². The molecule has 0 atom stereocenters. The molecule has 4 N–H and O–H groups in total. The molecule has 0 saturated heterocycles. The van der Waals surface area contributed by atoms with Gasteiger partial charge in [0, 0.05) is 0 Å². The van der Waals surface area contributed by atoms with Gasteiger partial charge in [-0.25, -0.2) is 22.7 Å². The van der Waals surface area contributed by atoms with Crippen molar-refractivity contribution in [2.75, 3.05) is 0 Å². The third kappa shape index (κ3) is 2.70. The van der Waals surface area contributed by atoms with E-state index in [0.29, 0.717) is 0 Å². The second-order valence-corrected chi connectivity index (χ2v) is 4.49. The topological polar surface area (TPSA) is 127 Å². The molecular weight excluding hydrogens is 236 g/mol. The molecule has 0 fully saturated rings. The van der Waals surface area contributed by atoms with Gasteiger partial charge in [-0.3, -0.25) is 0 Å². The van der Waals surface area contributed by atoms with E-state index in [1.807, 2.05) is 0 Å². The van der Waals surface area contributed by atoms with E-state index in [2.05, 4.69) is 5.73 Å². The number of carbonyl (C=O) groups excluding carboxylic acids is 1. The van der Waals surface area contributed by atoms with Crippen LogP contribution in [-0.4, -0.2) is 25.5 Å². The van der Waals surface area contributed by atoms with Crippen molar-refractivity contribution in [3.8, 4) is 0 Å². The highest BCUT2D eigenvalue weighted by atomic mass is 32.2. The van der Waals surface area contributed by atoms with Gasteiger partial charge in [-0.1, -0.05) is 6.07 Å². The molecular formula is C8H8N2O5S. The van der Waals surface area contributed by atoms with E-state index in [-0.39, 0.29) is 10.5 Å². The van der Waals surface area contributed by atoms with Gasteiger partial charge in [0.2, 0.25) is 0 Å². The zero-order chi connectivity index (χ0) is 12.3. The summed E-state index contributed by atoms with van der Waals surface area (Å²) < 4.78 is 24.3. The van der Waals surface area contributed by atoms with Crippen LogP contribution in [0.5, 0.6) is 0 Å². The highest BCUT2D eigenvalue weighted by molar-refractivity contribution is 7.90. The molecule has 0 unspecified atom stereocenters. The van der Waals surface area contributed by atoms with Crippen LogP contribution in [0, 0.1) is 0 Å². The number of carboxylic acids is 1. The van der Waals surface area contributed by atoms with Crippen LogP contribution in [0.15, 0.2) is 29.2 Å². The van der Waals surface area contributed by atoms with Crippen LogP contribution in [0.1, 0.15) is 10.4 Å². The Morgan fingerprint density at radius 1 is 1.31 bits per heavy atom. The van der Waals surface area contributed by atoms with Crippen molar-refractivity contribution in [2.45, 2.75) is 4.90 Å². The number of nitrogens with one attached hydrogen (secondary N) is 1. The number of hydrogen-bond donors (Lipinski definition) is 3. The lowest BCUT2D eigenvalue weighted by molar-refractivity contribution is 0.0696. The van der Waals surface area contributed by atoms with Crippen molar-refractivity contribution in [3.63, 3.8) is 0 Å². The van der Waals surface area contributed by atoms with Crippen molar-refractivity contribution in [3.05, 3.63) is 29.8 Å². The Balaban J connectivity index is 3.19. The third-order valence-corrected chi connectivity index (χ3v) is 2.97. The molecule has 0 bridgehead atoms. The minimum Gasteiger partial charge on any atom is -0.478 e. The Hall–Kier alpha value is -2.09. The Morgan fingerprint density at radius 2 is 1.94 bits per heavy atom. The van der Waals surface area contributed by atoms with E-state index in [1.54, 1.807) is 0 Å². The number of sulfonamides is 1. The summed E-state index contributed by atoms with van der Waals surface area (Å²) >= 11 is 0. The monoisotopic (exact) mass is 244 g/mol. The van der Waals surface area contributed by atoms with Crippen molar-refractivity contribution < 1.29 is 23.1 Å². The summed E-state index contributed by atoms with van der Waals surface area (Å²) in [7, 11) is -4.10. The van der Waals surface area contributed by atoms with Gasteiger partial charge in [-0.05, 0) is 18.2 Å². The SMILES string of the molecule is NC(=O)NS(=O)(=O)c1cccc(C(=O)O)c1. The molecule has 2 amide bonds. The van der Waals surface area contributed by atoms with Crippen LogP contribution in [0.2, 0.25) is 0 Å². The highest BCUT2D eigenvalue weighted by Crippen LogP contribution is 2.11. The van der Waals surface area contributed by atoms with E-state index >= 15 is 0 Å². The van der Waals surface area contributed by atoms with Crippen molar-refractivity contribution in [2.24, 2.45) is 5.73 Å². The van der Waals surface area contributed by atoms with Gasteiger partial charge in [0.05, 0.1) is 10.5 Å². The normalized spacial score (nSPS) is 10.8. The summed E-state index contributed by atoms with van der Waals surface area (Å²) in [6.45, 7) is 0. The Labute approximate surface area is 90.9 Å². The lowest BCUT2D eigenvalue weighted by Crippen LogP contribution is -2.35. The predicted molar refractivity (Wildman–Crippen MR) is 53.3 cm³/mol. The number of urea groups is 1. The maximum atomic E-state index is 11.4. The predicted octanol–water partition coefficient (Wildman–Crippen LogP) is -0.258. The van der Waals surface area contributed by atoms with Crippen LogP contribution >= 0.6 is 0 Å². The third-order valence-electron chi connectivity index (χ3n) is 1.63. The Morgan fingerprint density at radius 3 is 2.44 bits per heavy atom. The lowest BCUT2D eigenvalue weighted by Gasteiger charge is -2.04. The number of rotatable bonds is 3. The smallest absolute Gasteiger partial charge is 0.335 e. The van der Waals surface area contributed by atoms with E-state index in [9.17, 15) is 18.0 Å². The van der Waals surface area contributed by atoms with Crippen LogP contribution in [0.4, 0.5) is 4.79 Å². The quantitative estimate of drug-likeness (QED) is 0.675. The molecule has 0 aliphatic rings. The van der Waals surface area contributed by atoms with E-state index in [0.717, 1.165) is 12.1 Å². The summed E-state index contributed by atoms with van der Waals surface area (Å²) in [6.07, 6.45) is 0. The Bertz CT molecular complexity index is 537. The molecule has 1 aromatic carbocycles. The zero-order valence-electron chi connectivity index (χ0n) is 7.88. The van der Waals surface area contributed by atoms with Crippen molar-refractivity contribution in [1.29, 1.82) is 0 Å². The summed E-state index contributed by atoms with van der Waals surface area (Å²) in [5.41, 5.74) is 4.47. The van der Waals surface area contributed by atoms with E-state index in [4.69, 9.17) is 5.11 Å². The first-order valence-electron chi connectivity index (χ1n) is 3.98. The number of carboxylic acid groups (broad SMARTS) is 1. The van der Waals surface area contributed by atoms with Gasteiger partial charge in [0.1, 0.15) is 0 Å². The summed E-state index contributed by atoms with van der Waals surface area (Å²) in [4.78, 5) is 20.7. The molecule has 16 heavy (non-hydrogen) atoms. The van der Waals surface area contributed by atoms with Crippen molar-refractivity contribution in [1.82, 2.24) is 4.72 Å². The maximum Gasteiger partial charge on any atom is 0.335 e. The molecule has 1 rings (SSSR count). The first-order valence-corrected chi connectivity index (χ1v) is 5.47. The van der Waals surface area contributed by atoms with E-state index < -0.39 is 22.0 Å². The summed E-state index contributed by atoms with van der Waals surface area (Å²) in [5.74, 6) is -1.27. The molecule has 0 aromatic heterocycles. The number of primary amides is 1. The molecule has 1 aromatic rings. The van der Waals surface area contributed by atoms with E-state index in [1.165, 1.54) is 16.9 Å². The summed E-state index contributed by atoms with van der Waals surface area (Å²) in [6, 6.07) is 3.32. The van der Waals surface area contributed by atoms with Gasteiger partial charge in [0.15, 0.2) is 0 Å². The maximum absolute atomic E-state index is 11.4. The van der Waals surface area contributed by atoms with Crippen LogP contribution in [0.3, 0.4) is 0 Å². The van der Waals surface area contributed by atoms with Gasteiger partial charge in [-0.15, -0.1) is 0 Å². The second kappa shape index (κ2) is 4.19. The number of hydrogen-bond acceptors (Lipinski definition) is 4. The average molecular weight is 244 g/mol. The molecule has 0 aliphatic heterocycles. The van der Waals surface area contributed by atoms with Crippen LogP contribution in [-0.2, 0) is 10.0 Å². The largest absolute Gasteiger partial charge is 0.478 e. The Kier molecular flexibility index (Phi) is 3.14. The molecule has 86 valence electrons. The first-order chi connectivity index (χ1) is 7.33. The molecule has 0 saturated carbocycles. The number of amides is 2. The average Bonchev–Trinajstić information content (AvgIpc) is 2.16. The standard InChI is InChI=1S/C8H8N2O5S/c9-8(13)10-16(14,15)6-3-1-2-5(4-6)7(11)12/h1-4H,(H,11,12)(H3,9,10,13). The molecule has 0 heterocycles. The van der Waals surface area contributed by atoms with Gasteiger partial charge in [-0.2, -0.15) is 0 Å². The minimum absolute atomic E-state index is 0.202. The number of carbonyl (C=O) groups is 2. The highest BCUT2D eigenvalue weighted by Gasteiger charge is 2.17. The second-order valence-electron chi connectivity index (χ2n) is 2.80. The first kappa shape index (κ1) is 12.0. The molecule has 0 radical (unpaired) electrons. The van der Waals surface area contributed by atoms with Gasteiger partial charge in [0.25, 0.3) is 10.0 Å². The fourth-order valence-electron chi connectivity index (χ4n) is 0.988. The fraction of sp³-hybridized carbons (Fsp3) is 0. The number of aromatic carboxylic acids is 1. The number of nitrogens with two attached hydrogens (primary N) is 1. The fourth-order valence-corrected chi connectivity index (χ4v) is 1.91. The summed E-state index contributed by atoms with van der Waals surface area (Å²) in [5, 5.41) is 8.65. The molecule has 7 nitrogen and oxygen atoms in total. The zero-order valence-corrected chi connectivity index (χ0v) is 8.69. The van der Waals surface area contributed by atoms with Gasteiger partial charge < -0.3 is 10.8 Å².